The average Bonchev–Trinajstić information content (AvgIpc) is 3.20. The smallest absolute Gasteiger partial charge is 0.131 e. The molecule has 0 aliphatic heterocycles. The summed E-state index contributed by atoms with van der Waals surface area (Å²) in [5, 5.41) is 0. The number of aryl methyl sites for hydroxylation is 1. The Labute approximate surface area is 172 Å². The summed E-state index contributed by atoms with van der Waals surface area (Å²) in [4.78, 5) is 4.85. The van der Waals surface area contributed by atoms with Crippen LogP contribution in [0, 0.1) is 11.8 Å². The van der Waals surface area contributed by atoms with Gasteiger partial charge in [0.25, 0.3) is 0 Å². The fraction of sp³-hybridized carbons (Fsp3) is 0.148. The van der Waals surface area contributed by atoms with Gasteiger partial charge in [-0.15, -0.1) is 0 Å². The molecule has 0 saturated heterocycles. The van der Waals surface area contributed by atoms with Crippen molar-refractivity contribution < 1.29 is 0 Å². The molecule has 0 amide bonds. The molecule has 0 aliphatic rings. The molecule has 1 heterocycles. The van der Waals surface area contributed by atoms with Crippen LogP contribution in [0.5, 0.6) is 0 Å². The normalized spacial score (nSPS) is 11.0. The molecule has 29 heavy (non-hydrogen) atoms. The maximum absolute atomic E-state index is 4.85. The molecule has 0 unspecified atom stereocenters. The molecule has 3 aromatic carbocycles. The second-order valence-corrected chi connectivity index (χ2v) is 6.95. The monoisotopic (exact) mass is 376 g/mol. The van der Waals surface area contributed by atoms with Crippen molar-refractivity contribution in [3.8, 4) is 11.8 Å². The molecule has 0 aliphatic carbocycles. The van der Waals surface area contributed by atoms with Gasteiger partial charge in [-0.1, -0.05) is 104 Å². The number of aromatic nitrogens is 2. The first kappa shape index (κ1) is 18.8. The quantitative estimate of drug-likeness (QED) is 0.325. The highest BCUT2D eigenvalue weighted by molar-refractivity contribution is 5.51. The highest BCUT2D eigenvalue weighted by Crippen LogP contribution is 2.41. The van der Waals surface area contributed by atoms with Gasteiger partial charge in [-0.25, -0.2) is 4.98 Å². The van der Waals surface area contributed by atoms with E-state index in [1.807, 2.05) is 6.92 Å². The second-order valence-electron chi connectivity index (χ2n) is 6.95. The van der Waals surface area contributed by atoms with Crippen LogP contribution in [0.25, 0.3) is 0 Å². The van der Waals surface area contributed by atoms with Gasteiger partial charge >= 0.3 is 0 Å². The van der Waals surface area contributed by atoms with Crippen molar-refractivity contribution in [2.75, 3.05) is 0 Å². The summed E-state index contributed by atoms with van der Waals surface area (Å²) in [6.07, 6.45) is 2.92. The lowest BCUT2D eigenvalue weighted by Crippen LogP contribution is -2.38. The van der Waals surface area contributed by atoms with Gasteiger partial charge in [0.15, 0.2) is 0 Å². The van der Waals surface area contributed by atoms with Gasteiger partial charge in [0.1, 0.15) is 17.1 Å². The molecular weight excluding hydrogens is 352 g/mol. The average molecular weight is 377 g/mol. The molecular formula is C27H24N2. The molecule has 0 radical (unpaired) electrons. The van der Waals surface area contributed by atoms with Crippen LogP contribution >= 0.6 is 0 Å². The van der Waals surface area contributed by atoms with Crippen molar-refractivity contribution in [2.45, 2.75) is 25.8 Å². The van der Waals surface area contributed by atoms with Crippen LogP contribution in [0.15, 0.2) is 97.2 Å². The lowest BCUT2D eigenvalue weighted by molar-refractivity contribution is 0.494. The first-order chi connectivity index (χ1) is 14.3. The van der Waals surface area contributed by atoms with E-state index in [9.17, 15) is 0 Å². The van der Waals surface area contributed by atoms with Gasteiger partial charge in [0, 0.05) is 12.6 Å². The molecule has 0 fully saturated rings. The summed E-state index contributed by atoms with van der Waals surface area (Å²) in [7, 11) is 0. The van der Waals surface area contributed by atoms with Crippen LogP contribution in [0.2, 0.25) is 0 Å². The predicted molar refractivity (Wildman–Crippen MR) is 119 cm³/mol. The fourth-order valence-corrected chi connectivity index (χ4v) is 4.10. The van der Waals surface area contributed by atoms with E-state index in [2.05, 4.69) is 121 Å². The first-order valence-corrected chi connectivity index (χ1v) is 9.98. The Bertz CT molecular complexity index is 1030. The summed E-state index contributed by atoms with van der Waals surface area (Å²) in [5.74, 6) is 7.15. The van der Waals surface area contributed by atoms with Crippen LogP contribution in [-0.2, 0) is 12.0 Å². The molecule has 2 nitrogen and oxygen atoms in total. The largest absolute Gasteiger partial charge is 0.315 e. The molecule has 2 heteroatoms. The van der Waals surface area contributed by atoms with Crippen LogP contribution < -0.4 is 0 Å². The van der Waals surface area contributed by atoms with Gasteiger partial charge in [-0.05, 0) is 29.5 Å². The predicted octanol–water partition coefficient (Wildman–Crippen LogP) is 5.66. The van der Waals surface area contributed by atoms with E-state index in [1.165, 1.54) is 16.7 Å². The zero-order chi connectivity index (χ0) is 20.1. The number of hydrogen-bond donors (Lipinski definition) is 0. The standard InChI is InChI=1S/C27H24N2/c1-3-14-25-21-29(26(4-2)28-25)27(22-15-8-5-9-16-22,23-17-10-6-11-18-23)24-19-12-7-13-20-24/h5-13,15-21H,4H2,1-2H3. The number of rotatable bonds is 5. The summed E-state index contributed by atoms with van der Waals surface area (Å²) in [6.45, 7) is 4.00. The third-order valence-corrected chi connectivity index (χ3v) is 5.28. The Kier molecular flexibility index (Phi) is 5.31. The lowest BCUT2D eigenvalue weighted by atomic mass is 9.76. The minimum absolute atomic E-state index is 0.532. The van der Waals surface area contributed by atoms with Crippen molar-refractivity contribution >= 4 is 0 Å². The molecule has 4 rings (SSSR count). The van der Waals surface area contributed by atoms with Crippen molar-refractivity contribution in [1.29, 1.82) is 0 Å². The van der Waals surface area contributed by atoms with Crippen molar-refractivity contribution in [2.24, 2.45) is 0 Å². The maximum Gasteiger partial charge on any atom is 0.131 e. The highest BCUT2D eigenvalue weighted by atomic mass is 15.1. The molecule has 1 aromatic heterocycles. The molecule has 0 N–H and O–H groups in total. The Morgan fingerprint density at radius 2 is 1.21 bits per heavy atom. The fourth-order valence-electron chi connectivity index (χ4n) is 4.10. The van der Waals surface area contributed by atoms with Gasteiger partial charge in [-0.3, -0.25) is 0 Å². The third-order valence-electron chi connectivity index (χ3n) is 5.28. The van der Waals surface area contributed by atoms with Crippen LogP contribution in [0.3, 0.4) is 0 Å². The number of imidazole rings is 1. The van der Waals surface area contributed by atoms with Crippen molar-refractivity contribution in [1.82, 2.24) is 9.55 Å². The van der Waals surface area contributed by atoms with Gasteiger partial charge in [0.2, 0.25) is 0 Å². The highest BCUT2D eigenvalue weighted by Gasteiger charge is 2.39. The maximum atomic E-state index is 4.85. The molecule has 0 saturated carbocycles. The minimum Gasteiger partial charge on any atom is -0.315 e. The van der Waals surface area contributed by atoms with E-state index in [0.717, 1.165) is 17.9 Å². The second kappa shape index (κ2) is 8.20. The molecule has 0 spiro atoms. The summed E-state index contributed by atoms with van der Waals surface area (Å²) >= 11 is 0. The van der Waals surface area contributed by atoms with E-state index in [0.29, 0.717) is 0 Å². The minimum atomic E-state index is -0.532. The van der Waals surface area contributed by atoms with E-state index in [4.69, 9.17) is 4.98 Å². The van der Waals surface area contributed by atoms with E-state index < -0.39 is 5.54 Å². The summed E-state index contributed by atoms with van der Waals surface area (Å²) < 4.78 is 2.31. The van der Waals surface area contributed by atoms with Gasteiger partial charge < -0.3 is 4.57 Å². The van der Waals surface area contributed by atoms with Crippen molar-refractivity contribution in [3.05, 3.63) is 125 Å². The number of hydrogen-bond acceptors (Lipinski definition) is 1. The molecule has 0 bridgehead atoms. The summed E-state index contributed by atoms with van der Waals surface area (Å²) in [6, 6.07) is 32.0. The Morgan fingerprint density at radius 3 is 1.59 bits per heavy atom. The molecule has 4 aromatic rings. The van der Waals surface area contributed by atoms with Crippen LogP contribution in [0.1, 0.15) is 42.1 Å². The summed E-state index contributed by atoms with van der Waals surface area (Å²) in [5.41, 5.74) is 3.86. The zero-order valence-corrected chi connectivity index (χ0v) is 16.8. The third kappa shape index (κ3) is 3.26. The Hall–Kier alpha value is -3.57. The molecule has 142 valence electrons. The SMILES string of the molecule is CC#Cc1cn(C(c2ccccc2)(c2ccccc2)c2ccccc2)c(CC)n1. The van der Waals surface area contributed by atoms with Crippen LogP contribution in [0.4, 0.5) is 0 Å². The topological polar surface area (TPSA) is 17.8 Å². The lowest BCUT2D eigenvalue weighted by Gasteiger charge is -2.38. The van der Waals surface area contributed by atoms with Gasteiger partial charge in [-0.2, -0.15) is 0 Å². The zero-order valence-electron chi connectivity index (χ0n) is 16.8. The number of nitrogens with zero attached hydrogens (tertiary/aromatic N) is 2. The molecule has 0 atom stereocenters. The van der Waals surface area contributed by atoms with Gasteiger partial charge in [0.05, 0.1) is 0 Å². The number of benzene rings is 3. The van der Waals surface area contributed by atoms with E-state index >= 15 is 0 Å². The van der Waals surface area contributed by atoms with Crippen LogP contribution in [-0.4, -0.2) is 9.55 Å². The first-order valence-electron chi connectivity index (χ1n) is 9.98. The van der Waals surface area contributed by atoms with E-state index in [1.54, 1.807) is 0 Å². The van der Waals surface area contributed by atoms with Crippen molar-refractivity contribution in [3.63, 3.8) is 0 Å². The Balaban J connectivity index is 2.16. The Morgan fingerprint density at radius 1 is 0.759 bits per heavy atom. The van der Waals surface area contributed by atoms with E-state index in [-0.39, 0.29) is 0 Å².